The van der Waals surface area contributed by atoms with Crippen molar-refractivity contribution in [1.82, 2.24) is 19.3 Å². The van der Waals surface area contributed by atoms with Gasteiger partial charge in [-0.1, -0.05) is 18.2 Å². The zero-order valence-corrected chi connectivity index (χ0v) is 14.0. The summed E-state index contributed by atoms with van der Waals surface area (Å²) < 4.78 is 31.2. The Kier molecular flexibility index (Phi) is 3.42. The molecule has 1 aromatic carbocycles. The van der Waals surface area contributed by atoms with E-state index in [0.29, 0.717) is 6.54 Å². The van der Waals surface area contributed by atoms with Crippen LogP contribution in [0.1, 0.15) is 11.6 Å². The van der Waals surface area contributed by atoms with Gasteiger partial charge >= 0.3 is 0 Å². The molecule has 0 N–H and O–H groups in total. The third-order valence-electron chi connectivity index (χ3n) is 4.37. The normalized spacial score (nSPS) is 17.7. The average Bonchev–Trinajstić information content (AvgIpc) is 3.25. The third kappa shape index (κ3) is 2.30. The first-order valence-electron chi connectivity index (χ1n) is 7.63. The maximum Gasteiger partial charge on any atom is 0.281 e. The van der Waals surface area contributed by atoms with Crippen LogP contribution >= 0.6 is 0 Å². The van der Waals surface area contributed by atoms with Gasteiger partial charge in [0.25, 0.3) is 10.0 Å². The lowest BCUT2D eigenvalue weighted by atomic mass is 10.00. The molecule has 0 aliphatic carbocycles. The minimum Gasteiger partial charge on any atom is -0.332 e. The van der Waals surface area contributed by atoms with E-state index in [4.69, 9.17) is 0 Å². The van der Waals surface area contributed by atoms with Crippen molar-refractivity contribution in [3.63, 3.8) is 0 Å². The Morgan fingerprint density at radius 1 is 1.17 bits per heavy atom. The number of para-hydroxylation sites is 1. The summed E-state index contributed by atoms with van der Waals surface area (Å²) in [4.78, 5) is 4.09. The van der Waals surface area contributed by atoms with Crippen LogP contribution in [0.3, 0.4) is 0 Å². The zero-order valence-electron chi connectivity index (χ0n) is 13.1. The second-order valence-corrected chi connectivity index (χ2v) is 7.63. The van der Waals surface area contributed by atoms with Gasteiger partial charge in [-0.15, -0.1) is 0 Å². The van der Waals surface area contributed by atoms with Crippen LogP contribution in [0.5, 0.6) is 0 Å². The van der Waals surface area contributed by atoms with Crippen molar-refractivity contribution >= 4 is 15.7 Å². The minimum atomic E-state index is -3.69. The first kappa shape index (κ1) is 14.9. The summed E-state index contributed by atoms with van der Waals surface area (Å²) in [5.41, 5.74) is 1.74. The maximum atomic E-state index is 13.2. The van der Waals surface area contributed by atoms with Gasteiger partial charge in [-0.3, -0.25) is 8.99 Å². The van der Waals surface area contributed by atoms with Crippen LogP contribution in [-0.4, -0.2) is 34.3 Å². The van der Waals surface area contributed by atoms with E-state index >= 15 is 0 Å². The van der Waals surface area contributed by atoms with E-state index in [2.05, 4.69) is 10.1 Å². The summed E-state index contributed by atoms with van der Waals surface area (Å²) in [6.07, 6.45) is 7.57. The summed E-state index contributed by atoms with van der Waals surface area (Å²) in [5.74, 6) is 0. The molecule has 1 atom stereocenters. The molecule has 1 unspecified atom stereocenters. The fraction of sp³-hybridized carbons (Fsp3) is 0.250. The standard InChI is InChI=1S/C16H17N5O2S/c1-19-16(6-7-18-19)24(22,23)21-11-14(20-9-8-17-12-20)10-13-4-2-3-5-15(13)21/h2-9,12,14H,10-11H2,1H3. The molecule has 1 aliphatic rings. The van der Waals surface area contributed by atoms with Gasteiger partial charge in [0.2, 0.25) is 0 Å². The van der Waals surface area contributed by atoms with Gasteiger partial charge in [0.1, 0.15) is 0 Å². The van der Waals surface area contributed by atoms with E-state index in [1.54, 1.807) is 19.6 Å². The number of aromatic nitrogens is 4. The molecule has 0 spiro atoms. The molecule has 0 amide bonds. The van der Waals surface area contributed by atoms with E-state index in [-0.39, 0.29) is 11.1 Å². The second kappa shape index (κ2) is 5.48. The van der Waals surface area contributed by atoms with E-state index in [9.17, 15) is 8.42 Å². The predicted molar refractivity (Wildman–Crippen MR) is 89.1 cm³/mol. The Hall–Kier alpha value is -2.61. The number of hydrogen-bond donors (Lipinski definition) is 0. The minimum absolute atomic E-state index is 0.00500. The highest BCUT2D eigenvalue weighted by atomic mass is 32.2. The number of imidazole rings is 1. The van der Waals surface area contributed by atoms with Gasteiger partial charge in [-0.2, -0.15) is 13.5 Å². The molecule has 3 heterocycles. The molecule has 1 aliphatic heterocycles. The first-order chi connectivity index (χ1) is 11.6. The van der Waals surface area contributed by atoms with Crippen LogP contribution in [-0.2, 0) is 23.5 Å². The number of benzene rings is 1. The van der Waals surface area contributed by atoms with Crippen LogP contribution in [0.2, 0.25) is 0 Å². The van der Waals surface area contributed by atoms with Crippen molar-refractivity contribution < 1.29 is 8.42 Å². The Bertz CT molecular complexity index is 962. The lowest BCUT2D eigenvalue weighted by Gasteiger charge is -2.35. The van der Waals surface area contributed by atoms with Crippen molar-refractivity contribution in [3.05, 3.63) is 60.8 Å². The molecule has 0 saturated carbocycles. The topological polar surface area (TPSA) is 73.0 Å². The second-order valence-electron chi connectivity index (χ2n) is 5.83. The van der Waals surface area contributed by atoms with E-state index in [1.807, 2.05) is 35.0 Å². The van der Waals surface area contributed by atoms with E-state index < -0.39 is 10.0 Å². The van der Waals surface area contributed by atoms with E-state index in [1.165, 1.54) is 21.3 Å². The summed E-state index contributed by atoms with van der Waals surface area (Å²) in [6, 6.07) is 9.16. The molecule has 0 fully saturated rings. The highest BCUT2D eigenvalue weighted by Gasteiger charge is 2.35. The lowest BCUT2D eigenvalue weighted by molar-refractivity contribution is 0.485. The molecule has 7 nitrogen and oxygen atoms in total. The van der Waals surface area contributed by atoms with Gasteiger partial charge < -0.3 is 4.57 Å². The fourth-order valence-corrected chi connectivity index (χ4v) is 4.82. The van der Waals surface area contributed by atoms with Crippen molar-refractivity contribution in [2.45, 2.75) is 17.5 Å². The number of nitrogens with zero attached hydrogens (tertiary/aromatic N) is 5. The summed E-state index contributed by atoms with van der Waals surface area (Å²) in [5, 5.41) is 4.18. The van der Waals surface area contributed by atoms with Crippen LogP contribution in [0, 0.1) is 0 Å². The first-order valence-corrected chi connectivity index (χ1v) is 9.07. The molecule has 8 heteroatoms. The van der Waals surface area contributed by atoms with Gasteiger partial charge in [0.05, 0.1) is 30.8 Å². The molecule has 0 bridgehead atoms. The average molecular weight is 343 g/mol. The maximum absolute atomic E-state index is 13.2. The number of sulfonamides is 1. The number of rotatable bonds is 3. The van der Waals surface area contributed by atoms with Gasteiger partial charge in [-0.05, 0) is 24.1 Å². The molecule has 124 valence electrons. The van der Waals surface area contributed by atoms with Crippen molar-refractivity contribution in [3.8, 4) is 0 Å². The van der Waals surface area contributed by atoms with Crippen LogP contribution in [0.25, 0.3) is 0 Å². The molecular weight excluding hydrogens is 326 g/mol. The van der Waals surface area contributed by atoms with Crippen LogP contribution in [0.4, 0.5) is 5.69 Å². The van der Waals surface area contributed by atoms with Crippen LogP contribution in [0.15, 0.2) is 60.3 Å². The fourth-order valence-electron chi connectivity index (χ4n) is 3.18. The molecule has 3 aromatic rings. The summed E-state index contributed by atoms with van der Waals surface area (Å²) in [7, 11) is -2.05. The van der Waals surface area contributed by atoms with E-state index in [0.717, 1.165) is 17.7 Å². The van der Waals surface area contributed by atoms with Gasteiger partial charge in [0.15, 0.2) is 5.03 Å². The molecular formula is C16H17N5O2S. The predicted octanol–water partition coefficient (Wildman–Crippen LogP) is 1.61. The number of aryl methyl sites for hydroxylation is 1. The van der Waals surface area contributed by atoms with Gasteiger partial charge in [0, 0.05) is 19.4 Å². The van der Waals surface area contributed by atoms with Crippen molar-refractivity contribution in [2.24, 2.45) is 7.05 Å². The highest BCUT2D eigenvalue weighted by Crippen LogP contribution is 2.35. The SMILES string of the molecule is Cn1nccc1S(=O)(=O)N1CC(n2ccnc2)Cc2ccccc21. The Balaban J connectivity index is 1.83. The number of fused-ring (bicyclic) bond motifs is 1. The largest absolute Gasteiger partial charge is 0.332 e. The molecule has 24 heavy (non-hydrogen) atoms. The van der Waals surface area contributed by atoms with Crippen molar-refractivity contribution in [2.75, 3.05) is 10.8 Å². The monoisotopic (exact) mass is 343 g/mol. The third-order valence-corrected chi connectivity index (χ3v) is 6.22. The Morgan fingerprint density at radius 3 is 2.71 bits per heavy atom. The molecule has 4 rings (SSSR count). The summed E-state index contributed by atoms with van der Waals surface area (Å²) in [6.45, 7) is 0.362. The Labute approximate surface area is 140 Å². The highest BCUT2D eigenvalue weighted by molar-refractivity contribution is 7.92. The smallest absolute Gasteiger partial charge is 0.281 e. The number of anilines is 1. The molecule has 0 radical (unpaired) electrons. The van der Waals surface area contributed by atoms with Gasteiger partial charge in [-0.25, -0.2) is 4.98 Å². The van der Waals surface area contributed by atoms with Crippen LogP contribution < -0.4 is 4.31 Å². The zero-order chi connectivity index (χ0) is 16.7. The Morgan fingerprint density at radius 2 is 2.00 bits per heavy atom. The quantitative estimate of drug-likeness (QED) is 0.724. The summed E-state index contributed by atoms with van der Waals surface area (Å²) >= 11 is 0. The number of hydrogen-bond acceptors (Lipinski definition) is 4. The lowest BCUT2D eigenvalue weighted by Crippen LogP contribution is -2.41. The molecule has 2 aromatic heterocycles. The molecule has 0 saturated heterocycles. The van der Waals surface area contributed by atoms with Crippen molar-refractivity contribution in [1.29, 1.82) is 0 Å².